The molecule has 0 saturated carbocycles. The molecule has 0 spiro atoms. The van der Waals surface area contributed by atoms with E-state index in [4.69, 9.17) is 21.7 Å². The van der Waals surface area contributed by atoms with Crippen LogP contribution in [0.25, 0.3) is 6.08 Å². The summed E-state index contributed by atoms with van der Waals surface area (Å²) in [5, 5.41) is 2.55. The number of methoxy groups -OCH3 is 1. The molecule has 1 aromatic carbocycles. The SMILES string of the molecule is CCOc1cc(/C=C2\C(=O)NC(=S)N(C)C2=O)c(Br)cc1OC. The smallest absolute Gasteiger partial charge is 0.265 e. The molecule has 8 heteroatoms. The number of carbonyl (C=O) groups excluding carboxylic acids is 2. The molecule has 6 nitrogen and oxygen atoms in total. The first-order valence-electron chi connectivity index (χ1n) is 6.74. The van der Waals surface area contributed by atoms with Crippen molar-refractivity contribution in [3.8, 4) is 11.5 Å². The van der Waals surface area contributed by atoms with Crippen LogP contribution in [0.15, 0.2) is 22.2 Å². The Hall–Kier alpha value is -1.93. The zero-order valence-electron chi connectivity index (χ0n) is 12.8. The molecule has 0 unspecified atom stereocenters. The highest BCUT2D eigenvalue weighted by Crippen LogP contribution is 2.34. The van der Waals surface area contributed by atoms with Gasteiger partial charge in [-0.3, -0.25) is 19.8 Å². The molecule has 0 radical (unpaired) electrons. The van der Waals surface area contributed by atoms with Crippen LogP contribution in [0.3, 0.4) is 0 Å². The summed E-state index contributed by atoms with van der Waals surface area (Å²) < 4.78 is 11.4. The van der Waals surface area contributed by atoms with Crippen molar-refractivity contribution in [2.45, 2.75) is 6.92 Å². The molecule has 2 amide bonds. The highest BCUT2D eigenvalue weighted by molar-refractivity contribution is 9.10. The number of hydrogen-bond donors (Lipinski definition) is 1. The van der Waals surface area contributed by atoms with Crippen molar-refractivity contribution in [3.63, 3.8) is 0 Å². The molecule has 1 N–H and O–H groups in total. The standard InChI is InChI=1S/C15H15BrN2O4S/c1-4-22-12-6-8(10(16)7-11(12)21-3)5-9-13(19)17-15(23)18(2)14(9)20/h5-7H,4H2,1-3H3,(H,17,19,23)/b9-5+. The molecule has 1 aliphatic heterocycles. The number of nitrogens with zero attached hydrogens (tertiary/aromatic N) is 1. The van der Waals surface area contributed by atoms with E-state index in [9.17, 15) is 9.59 Å². The second kappa shape index (κ2) is 7.10. The lowest BCUT2D eigenvalue weighted by Crippen LogP contribution is -2.52. The average Bonchev–Trinajstić information content (AvgIpc) is 2.52. The minimum Gasteiger partial charge on any atom is -0.493 e. The van der Waals surface area contributed by atoms with E-state index in [0.29, 0.717) is 28.1 Å². The van der Waals surface area contributed by atoms with Gasteiger partial charge in [-0.1, -0.05) is 15.9 Å². The lowest BCUT2D eigenvalue weighted by atomic mass is 10.1. The van der Waals surface area contributed by atoms with Crippen molar-refractivity contribution in [2.24, 2.45) is 0 Å². The Kier molecular flexibility index (Phi) is 5.38. The number of ether oxygens (including phenoxy) is 2. The number of carbonyl (C=O) groups is 2. The number of likely N-dealkylation sites (N-methyl/N-ethyl adjacent to an activating group) is 1. The minimum atomic E-state index is -0.529. The molecule has 1 heterocycles. The van der Waals surface area contributed by atoms with E-state index in [0.717, 1.165) is 0 Å². The molecule has 1 aromatic rings. The van der Waals surface area contributed by atoms with E-state index < -0.39 is 11.8 Å². The van der Waals surface area contributed by atoms with Crippen molar-refractivity contribution in [1.82, 2.24) is 10.2 Å². The van der Waals surface area contributed by atoms with Gasteiger partial charge in [0.1, 0.15) is 5.57 Å². The first-order chi connectivity index (χ1) is 10.9. The van der Waals surface area contributed by atoms with Crippen molar-refractivity contribution in [3.05, 3.63) is 27.7 Å². The number of amides is 2. The van der Waals surface area contributed by atoms with Crippen LogP contribution in [0.1, 0.15) is 12.5 Å². The van der Waals surface area contributed by atoms with Gasteiger partial charge in [0.2, 0.25) is 0 Å². The Labute approximate surface area is 147 Å². The fourth-order valence-corrected chi connectivity index (χ4v) is 2.60. The monoisotopic (exact) mass is 398 g/mol. The van der Waals surface area contributed by atoms with Gasteiger partial charge in [0.15, 0.2) is 16.6 Å². The third-order valence-electron chi connectivity index (χ3n) is 3.19. The van der Waals surface area contributed by atoms with Crippen LogP contribution in [0.5, 0.6) is 11.5 Å². The summed E-state index contributed by atoms with van der Waals surface area (Å²) in [6.07, 6.45) is 1.49. The quantitative estimate of drug-likeness (QED) is 0.477. The predicted molar refractivity (Wildman–Crippen MR) is 93.4 cm³/mol. The Bertz CT molecular complexity index is 718. The molecule has 1 saturated heterocycles. The normalized spacial score (nSPS) is 16.6. The molecule has 23 heavy (non-hydrogen) atoms. The van der Waals surface area contributed by atoms with Gasteiger partial charge >= 0.3 is 0 Å². The zero-order chi connectivity index (χ0) is 17.1. The van der Waals surface area contributed by atoms with Crippen molar-refractivity contribution in [1.29, 1.82) is 0 Å². The average molecular weight is 399 g/mol. The Morgan fingerprint density at radius 2 is 2.04 bits per heavy atom. The van der Waals surface area contributed by atoms with Crippen LogP contribution < -0.4 is 14.8 Å². The number of hydrogen-bond acceptors (Lipinski definition) is 5. The van der Waals surface area contributed by atoms with Crippen LogP contribution in [-0.4, -0.2) is 42.6 Å². The molecule has 2 rings (SSSR count). The van der Waals surface area contributed by atoms with E-state index in [2.05, 4.69) is 21.2 Å². The number of rotatable bonds is 4. The lowest BCUT2D eigenvalue weighted by molar-refractivity contribution is -0.128. The fourth-order valence-electron chi connectivity index (χ4n) is 1.99. The number of thiocarbonyl (C=S) groups is 1. The van der Waals surface area contributed by atoms with Crippen molar-refractivity contribution >= 4 is 51.2 Å². The molecule has 1 fully saturated rings. The lowest BCUT2D eigenvalue weighted by Gasteiger charge is -2.25. The van der Waals surface area contributed by atoms with Crippen molar-refractivity contribution < 1.29 is 19.1 Å². The van der Waals surface area contributed by atoms with Crippen LogP contribution in [0, 0.1) is 0 Å². The summed E-state index contributed by atoms with van der Waals surface area (Å²) in [7, 11) is 3.04. The Morgan fingerprint density at radius 3 is 2.65 bits per heavy atom. The van der Waals surface area contributed by atoms with Gasteiger partial charge in [-0.15, -0.1) is 0 Å². The topological polar surface area (TPSA) is 67.9 Å². The van der Waals surface area contributed by atoms with Crippen LogP contribution in [0.4, 0.5) is 0 Å². The van der Waals surface area contributed by atoms with Crippen LogP contribution in [0.2, 0.25) is 0 Å². The Balaban J connectivity index is 2.49. The molecule has 0 atom stereocenters. The maximum absolute atomic E-state index is 12.2. The third kappa shape index (κ3) is 3.53. The largest absolute Gasteiger partial charge is 0.493 e. The Morgan fingerprint density at radius 1 is 1.35 bits per heavy atom. The van der Waals surface area contributed by atoms with Crippen molar-refractivity contribution in [2.75, 3.05) is 20.8 Å². The van der Waals surface area contributed by atoms with Crippen LogP contribution >= 0.6 is 28.1 Å². The van der Waals surface area contributed by atoms with Gasteiger partial charge in [0.05, 0.1) is 13.7 Å². The van der Waals surface area contributed by atoms with Gasteiger partial charge in [-0.05, 0) is 42.9 Å². The number of benzene rings is 1. The summed E-state index contributed by atoms with van der Waals surface area (Å²) >= 11 is 8.32. The van der Waals surface area contributed by atoms with Gasteiger partial charge in [0.25, 0.3) is 11.8 Å². The molecule has 1 aliphatic rings. The second-order valence-corrected chi connectivity index (χ2v) is 5.88. The molecule has 0 aromatic heterocycles. The zero-order valence-corrected chi connectivity index (χ0v) is 15.2. The summed E-state index contributed by atoms with van der Waals surface area (Å²) in [4.78, 5) is 25.5. The molecular weight excluding hydrogens is 384 g/mol. The summed E-state index contributed by atoms with van der Waals surface area (Å²) in [5.74, 6) is 0.0920. The minimum absolute atomic E-state index is 0.00517. The molecule has 122 valence electrons. The summed E-state index contributed by atoms with van der Waals surface area (Å²) in [6.45, 7) is 2.32. The fraction of sp³-hybridized carbons (Fsp3) is 0.267. The van der Waals surface area contributed by atoms with Gasteiger partial charge in [-0.25, -0.2) is 0 Å². The first kappa shape index (κ1) is 17.4. The predicted octanol–water partition coefficient (Wildman–Crippen LogP) is 2.11. The molecule has 0 bridgehead atoms. The summed E-state index contributed by atoms with van der Waals surface area (Å²) in [6, 6.07) is 3.42. The van der Waals surface area contributed by atoms with Gasteiger partial charge < -0.3 is 9.47 Å². The maximum Gasteiger partial charge on any atom is 0.265 e. The first-order valence-corrected chi connectivity index (χ1v) is 7.94. The number of nitrogens with one attached hydrogen (secondary N) is 1. The van der Waals surface area contributed by atoms with E-state index in [1.807, 2.05) is 6.92 Å². The van der Waals surface area contributed by atoms with E-state index >= 15 is 0 Å². The molecular formula is C15H15BrN2O4S. The maximum atomic E-state index is 12.2. The highest BCUT2D eigenvalue weighted by Gasteiger charge is 2.31. The molecule has 0 aliphatic carbocycles. The number of halogens is 1. The van der Waals surface area contributed by atoms with Crippen LogP contribution in [-0.2, 0) is 9.59 Å². The highest BCUT2D eigenvalue weighted by atomic mass is 79.9. The second-order valence-electron chi connectivity index (χ2n) is 4.64. The summed E-state index contributed by atoms with van der Waals surface area (Å²) in [5.41, 5.74) is 0.614. The van der Waals surface area contributed by atoms with Gasteiger partial charge in [0, 0.05) is 11.5 Å². The van der Waals surface area contributed by atoms with E-state index in [1.54, 1.807) is 12.1 Å². The van der Waals surface area contributed by atoms with E-state index in [1.165, 1.54) is 25.1 Å². The van der Waals surface area contributed by atoms with E-state index in [-0.39, 0.29) is 10.7 Å². The third-order valence-corrected chi connectivity index (χ3v) is 4.25. The van der Waals surface area contributed by atoms with Gasteiger partial charge in [-0.2, -0.15) is 0 Å².